The molecule has 0 aromatic rings. The zero-order valence-corrected chi connectivity index (χ0v) is 11.2. The molecule has 0 aromatic heterocycles. The van der Waals surface area contributed by atoms with Crippen LogP contribution in [0.5, 0.6) is 0 Å². The van der Waals surface area contributed by atoms with Crippen LogP contribution in [0.1, 0.15) is 0 Å². The number of hydrogen-bond acceptors (Lipinski definition) is 6. The van der Waals surface area contributed by atoms with Crippen LogP contribution in [0.2, 0.25) is 0 Å². The van der Waals surface area contributed by atoms with E-state index >= 15 is 0 Å². The van der Waals surface area contributed by atoms with Crippen molar-refractivity contribution >= 4 is 6.29 Å². The van der Waals surface area contributed by atoms with E-state index in [0.29, 0.717) is 0 Å². The Balaban J connectivity index is -0.000000377. The number of allylic oxidation sites excluding steroid dienone is 1. The van der Waals surface area contributed by atoms with Gasteiger partial charge in [0.2, 0.25) is 0 Å². The van der Waals surface area contributed by atoms with E-state index in [2.05, 4.69) is 13.5 Å². The van der Waals surface area contributed by atoms with Crippen molar-refractivity contribution in [1.29, 1.82) is 0 Å². The van der Waals surface area contributed by atoms with E-state index < -0.39 is 31.0 Å². The summed E-state index contributed by atoms with van der Waals surface area (Å²) in [5.74, 6) is 0. The molecule has 0 heterocycles. The molecule has 0 spiro atoms. The van der Waals surface area contributed by atoms with Gasteiger partial charge in [-0.05, 0) is 0 Å². The third-order valence-corrected chi connectivity index (χ3v) is 1.42. The molecule has 16 heavy (non-hydrogen) atoms. The zero-order valence-electron chi connectivity index (χ0n) is 9.23. The third kappa shape index (κ3) is 9.32. The Bertz CT molecular complexity index is 177. The molecule has 0 unspecified atom stereocenters. The fourth-order valence-electron chi connectivity index (χ4n) is 0.618. The molecule has 0 aliphatic carbocycles. The van der Waals surface area contributed by atoms with Gasteiger partial charge < -0.3 is 30.3 Å². The predicted molar refractivity (Wildman–Crippen MR) is 52.7 cm³/mol. The molecule has 0 aliphatic heterocycles. The molecule has 5 N–H and O–H groups in total. The van der Waals surface area contributed by atoms with Crippen LogP contribution in [0.25, 0.3) is 0 Å². The summed E-state index contributed by atoms with van der Waals surface area (Å²) in [6.07, 6.45) is -5.34. The number of carbonyl (C=O) groups is 1. The average Bonchev–Trinajstić information content (AvgIpc) is 2.25. The predicted octanol–water partition coefficient (Wildman–Crippen LogP) is -5.37. The first-order valence-electron chi connectivity index (χ1n) is 4.14. The summed E-state index contributed by atoms with van der Waals surface area (Å²) in [5.41, 5.74) is 0. The minimum Gasteiger partial charge on any atom is -0.394 e. The van der Waals surface area contributed by atoms with Crippen LogP contribution in [-0.2, 0) is 4.79 Å². The molecular weight excluding hydrogens is 227 g/mol. The maximum absolute atomic E-state index is 9.90. The van der Waals surface area contributed by atoms with Gasteiger partial charge in [-0.3, -0.25) is 0 Å². The first kappa shape index (κ1) is 21.4. The molecular formula is C9H17NaO6. The molecule has 6 nitrogen and oxygen atoms in total. The van der Waals surface area contributed by atoms with Crippen LogP contribution in [0, 0.1) is 6.92 Å². The zero-order chi connectivity index (χ0) is 12.4. The van der Waals surface area contributed by atoms with E-state index in [1.165, 1.54) is 6.08 Å². The molecule has 90 valence electrons. The second-order valence-corrected chi connectivity index (χ2v) is 2.65. The topological polar surface area (TPSA) is 118 Å². The van der Waals surface area contributed by atoms with Gasteiger partial charge in [-0.15, -0.1) is 0 Å². The van der Waals surface area contributed by atoms with Gasteiger partial charge in [-0.1, -0.05) is 0 Å². The van der Waals surface area contributed by atoms with Crippen molar-refractivity contribution in [1.82, 2.24) is 0 Å². The summed E-state index contributed by atoms with van der Waals surface area (Å²) in [6, 6.07) is 0. The standard InChI is InChI=1S/C6H12O6.C3H5.Na/c7-1-3(9)5(11)6(12)4(10)2-8;1-3-2;/h1,3-6,8-12H,2H2;3H,1-2H2;/q;-1;+1/t3-,4+,5+,6+;;/m0../s1. The maximum atomic E-state index is 9.90. The van der Waals surface area contributed by atoms with E-state index in [1.54, 1.807) is 0 Å². The SMILES string of the molecule is C=C[CH2-].O=C[C@H](O)[C@@H](O)[C@H](O)[C@H](O)CO.[Na+]. The van der Waals surface area contributed by atoms with Gasteiger partial charge in [-0.2, -0.15) is 0 Å². The van der Waals surface area contributed by atoms with Crippen LogP contribution in [-0.4, -0.2) is 62.8 Å². The van der Waals surface area contributed by atoms with Gasteiger partial charge in [-0.25, -0.2) is 19.6 Å². The van der Waals surface area contributed by atoms with Gasteiger partial charge in [0.15, 0.2) is 6.29 Å². The molecule has 0 fully saturated rings. The monoisotopic (exact) mass is 244 g/mol. The van der Waals surface area contributed by atoms with Gasteiger partial charge in [0, 0.05) is 0 Å². The van der Waals surface area contributed by atoms with Crippen molar-refractivity contribution in [3.8, 4) is 0 Å². The number of aliphatic hydroxyl groups excluding tert-OH is 5. The molecule has 0 bridgehead atoms. The summed E-state index contributed by atoms with van der Waals surface area (Å²) < 4.78 is 0. The Morgan fingerprint density at radius 1 is 1.19 bits per heavy atom. The summed E-state index contributed by atoms with van der Waals surface area (Å²) >= 11 is 0. The van der Waals surface area contributed by atoms with Crippen molar-refractivity contribution < 1.29 is 59.9 Å². The van der Waals surface area contributed by atoms with Crippen molar-refractivity contribution in [2.75, 3.05) is 6.61 Å². The van der Waals surface area contributed by atoms with Crippen LogP contribution < -0.4 is 29.6 Å². The number of carbonyl (C=O) groups excluding carboxylic acids is 1. The molecule has 7 heteroatoms. The fourth-order valence-corrected chi connectivity index (χ4v) is 0.618. The summed E-state index contributed by atoms with van der Waals surface area (Å²) in [6.45, 7) is 5.74. The van der Waals surface area contributed by atoms with Crippen molar-refractivity contribution in [2.45, 2.75) is 24.4 Å². The Morgan fingerprint density at radius 2 is 1.56 bits per heavy atom. The second kappa shape index (κ2) is 13.1. The molecule has 0 aliphatic rings. The van der Waals surface area contributed by atoms with Crippen LogP contribution in [0.3, 0.4) is 0 Å². The van der Waals surface area contributed by atoms with Crippen molar-refractivity contribution in [2.24, 2.45) is 0 Å². The van der Waals surface area contributed by atoms with Gasteiger partial charge >= 0.3 is 29.6 Å². The first-order valence-corrected chi connectivity index (χ1v) is 4.14. The second-order valence-electron chi connectivity index (χ2n) is 2.65. The number of aldehydes is 1. The minimum atomic E-state index is -1.79. The third-order valence-electron chi connectivity index (χ3n) is 1.42. The normalized spacial score (nSPS) is 16.6. The van der Waals surface area contributed by atoms with Crippen LogP contribution >= 0.6 is 0 Å². The molecule has 0 saturated heterocycles. The molecule has 4 atom stereocenters. The van der Waals surface area contributed by atoms with Gasteiger partial charge in [0.25, 0.3) is 0 Å². The van der Waals surface area contributed by atoms with Crippen LogP contribution in [0.15, 0.2) is 12.7 Å². The molecule has 0 rings (SSSR count). The summed E-state index contributed by atoms with van der Waals surface area (Å²) in [4.78, 5) is 9.90. The smallest absolute Gasteiger partial charge is 0.394 e. The quantitative estimate of drug-likeness (QED) is 0.187. The number of rotatable bonds is 5. The molecule has 0 amide bonds. The van der Waals surface area contributed by atoms with E-state index in [-0.39, 0.29) is 35.8 Å². The van der Waals surface area contributed by atoms with Gasteiger partial charge in [0.05, 0.1) is 6.61 Å². The van der Waals surface area contributed by atoms with Gasteiger partial charge in [0.1, 0.15) is 24.4 Å². The van der Waals surface area contributed by atoms with E-state index in [9.17, 15) is 4.79 Å². The minimum absolute atomic E-state index is 0. The summed E-state index contributed by atoms with van der Waals surface area (Å²) in [7, 11) is 0. The Morgan fingerprint density at radius 3 is 1.81 bits per heavy atom. The Labute approximate surface area is 117 Å². The Hall–Kier alpha value is 0.0800. The van der Waals surface area contributed by atoms with E-state index in [0.717, 1.165) is 0 Å². The van der Waals surface area contributed by atoms with Crippen molar-refractivity contribution in [3.05, 3.63) is 19.6 Å². The largest absolute Gasteiger partial charge is 1.00 e. The molecule has 0 aromatic carbocycles. The Kier molecular flexibility index (Phi) is 17.6. The first-order chi connectivity index (χ1) is 6.95. The molecule has 0 saturated carbocycles. The number of aliphatic hydroxyl groups is 5. The summed E-state index contributed by atoms with van der Waals surface area (Å²) in [5, 5.41) is 43.5. The van der Waals surface area contributed by atoms with Crippen LogP contribution in [0.4, 0.5) is 0 Å². The maximum Gasteiger partial charge on any atom is 1.00 e. The van der Waals surface area contributed by atoms with E-state index in [1.807, 2.05) is 0 Å². The fraction of sp³-hybridized carbons (Fsp3) is 0.556. The molecule has 0 radical (unpaired) electrons. The van der Waals surface area contributed by atoms with Crippen molar-refractivity contribution in [3.63, 3.8) is 0 Å². The average molecular weight is 244 g/mol. The number of hydrogen-bond donors (Lipinski definition) is 5. The van der Waals surface area contributed by atoms with E-state index in [4.69, 9.17) is 25.5 Å².